The summed E-state index contributed by atoms with van der Waals surface area (Å²) >= 11 is 0. The molecule has 0 radical (unpaired) electrons. The van der Waals surface area contributed by atoms with Crippen molar-refractivity contribution >= 4 is 11.9 Å². The molecule has 2 saturated carbocycles. The lowest BCUT2D eigenvalue weighted by Crippen LogP contribution is -2.35. The number of amides is 1. The number of carboxylic acid groups (broad SMARTS) is 1. The summed E-state index contributed by atoms with van der Waals surface area (Å²) in [5.41, 5.74) is 0. The molecule has 0 aromatic rings. The quantitative estimate of drug-likeness (QED) is 0.722. The van der Waals surface area contributed by atoms with Gasteiger partial charge in [0.1, 0.15) is 0 Å². The average molecular weight is 235 g/mol. The lowest BCUT2D eigenvalue weighted by molar-refractivity contribution is -0.140. The molecular weight excluding hydrogens is 218 g/mol. The van der Waals surface area contributed by atoms with Gasteiger partial charge in [0.05, 0.1) is 5.92 Å². The van der Waals surface area contributed by atoms with Gasteiger partial charge in [0.25, 0.3) is 0 Å². The number of carbonyl (C=O) groups is 2. The van der Waals surface area contributed by atoms with Gasteiger partial charge in [-0.25, -0.2) is 0 Å². The van der Waals surface area contributed by atoms with E-state index < -0.39 is 11.9 Å². The topological polar surface area (TPSA) is 66.4 Å². The molecule has 2 fully saturated rings. The van der Waals surface area contributed by atoms with E-state index in [9.17, 15) is 9.59 Å². The maximum Gasteiger partial charge on any atom is 0.310 e. The third-order valence-corrected chi connectivity index (χ3v) is 4.44. The number of carboxylic acids is 1. The van der Waals surface area contributed by atoms with Crippen molar-refractivity contribution in [3.05, 3.63) is 12.2 Å². The van der Waals surface area contributed by atoms with Gasteiger partial charge in [-0.3, -0.25) is 9.59 Å². The van der Waals surface area contributed by atoms with Crippen LogP contribution in [0.25, 0.3) is 0 Å². The van der Waals surface area contributed by atoms with Crippen LogP contribution in [-0.4, -0.2) is 23.0 Å². The minimum atomic E-state index is -0.804. The smallest absolute Gasteiger partial charge is 0.310 e. The van der Waals surface area contributed by atoms with Gasteiger partial charge in [-0.05, 0) is 31.1 Å². The molecule has 1 amide bonds. The Bertz CT molecular complexity index is 380. The van der Waals surface area contributed by atoms with Crippen LogP contribution in [0.15, 0.2) is 12.2 Å². The standard InChI is InChI=1S/C13H17NO3/c15-12(11-9-2-1-3-10(9)11)14-8-5-4-7(6-8)13(16)17/h4-5,7-11H,1-3,6H2,(H,14,15)(H,16,17). The van der Waals surface area contributed by atoms with E-state index >= 15 is 0 Å². The number of hydrogen-bond acceptors (Lipinski definition) is 2. The molecule has 0 heterocycles. The molecule has 4 nitrogen and oxygen atoms in total. The molecule has 92 valence electrons. The van der Waals surface area contributed by atoms with Crippen LogP contribution in [0.5, 0.6) is 0 Å². The molecule has 17 heavy (non-hydrogen) atoms. The van der Waals surface area contributed by atoms with Crippen LogP contribution in [0.1, 0.15) is 25.7 Å². The highest BCUT2D eigenvalue weighted by Gasteiger charge is 2.56. The third kappa shape index (κ3) is 1.85. The summed E-state index contributed by atoms with van der Waals surface area (Å²) in [7, 11) is 0. The first-order valence-corrected chi connectivity index (χ1v) is 6.38. The Labute approximate surface area is 100 Å². The van der Waals surface area contributed by atoms with Crippen LogP contribution in [0.4, 0.5) is 0 Å². The Kier molecular flexibility index (Phi) is 2.45. The second-order valence-electron chi connectivity index (χ2n) is 5.46. The normalized spacial score (nSPS) is 42.2. The Morgan fingerprint density at radius 1 is 1.18 bits per heavy atom. The van der Waals surface area contributed by atoms with E-state index in [0.29, 0.717) is 18.3 Å². The van der Waals surface area contributed by atoms with Crippen molar-refractivity contribution < 1.29 is 14.7 Å². The SMILES string of the molecule is O=C(O)C1C=CC(NC(=O)C2C3CCCC32)C1. The molecular formula is C13H17NO3. The van der Waals surface area contributed by atoms with E-state index in [2.05, 4.69) is 5.32 Å². The largest absolute Gasteiger partial charge is 0.481 e. The first-order chi connectivity index (χ1) is 8.16. The predicted octanol–water partition coefficient (Wildman–Crippen LogP) is 1.18. The average Bonchev–Trinajstić information content (AvgIpc) is 2.72. The minimum Gasteiger partial charge on any atom is -0.481 e. The maximum atomic E-state index is 12.0. The fourth-order valence-corrected chi connectivity index (χ4v) is 3.48. The minimum absolute atomic E-state index is 0.0788. The van der Waals surface area contributed by atoms with Gasteiger partial charge in [-0.15, -0.1) is 0 Å². The summed E-state index contributed by atoms with van der Waals surface area (Å²) in [5, 5.41) is 11.8. The highest BCUT2D eigenvalue weighted by atomic mass is 16.4. The second-order valence-corrected chi connectivity index (χ2v) is 5.46. The van der Waals surface area contributed by atoms with E-state index in [-0.39, 0.29) is 17.9 Å². The van der Waals surface area contributed by atoms with Crippen molar-refractivity contribution in [2.45, 2.75) is 31.7 Å². The number of rotatable bonds is 3. The van der Waals surface area contributed by atoms with Crippen molar-refractivity contribution in [1.82, 2.24) is 5.32 Å². The van der Waals surface area contributed by atoms with Crippen molar-refractivity contribution in [3.63, 3.8) is 0 Å². The summed E-state index contributed by atoms with van der Waals surface area (Å²) in [6.07, 6.45) is 7.66. The van der Waals surface area contributed by atoms with Gasteiger partial charge in [0, 0.05) is 12.0 Å². The molecule has 4 heteroatoms. The third-order valence-electron chi connectivity index (χ3n) is 4.44. The Morgan fingerprint density at radius 3 is 2.47 bits per heavy atom. The van der Waals surface area contributed by atoms with Crippen molar-refractivity contribution in [3.8, 4) is 0 Å². The van der Waals surface area contributed by atoms with E-state index in [4.69, 9.17) is 5.11 Å². The molecule has 0 saturated heterocycles. The Balaban J connectivity index is 1.51. The van der Waals surface area contributed by atoms with E-state index in [0.717, 1.165) is 0 Å². The fourth-order valence-electron chi connectivity index (χ4n) is 3.48. The number of aliphatic carboxylic acids is 1. The van der Waals surface area contributed by atoms with Gasteiger partial charge in [0.15, 0.2) is 0 Å². The zero-order valence-corrected chi connectivity index (χ0v) is 9.63. The monoisotopic (exact) mass is 235 g/mol. The fraction of sp³-hybridized carbons (Fsp3) is 0.692. The first-order valence-electron chi connectivity index (χ1n) is 6.38. The predicted molar refractivity (Wildman–Crippen MR) is 61.1 cm³/mol. The van der Waals surface area contributed by atoms with Crippen LogP contribution >= 0.6 is 0 Å². The van der Waals surface area contributed by atoms with E-state index in [1.54, 1.807) is 6.08 Å². The number of carbonyl (C=O) groups excluding carboxylic acids is 1. The van der Waals surface area contributed by atoms with Crippen LogP contribution in [0.2, 0.25) is 0 Å². The number of nitrogens with one attached hydrogen (secondary N) is 1. The molecule has 4 atom stereocenters. The van der Waals surface area contributed by atoms with Crippen LogP contribution < -0.4 is 5.32 Å². The molecule has 0 spiro atoms. The maximum absolute atomic E-state index is 12.0. The molecule has 4 unspecified atom stereocenters. The van der Waals surface area contributed by atoms with Gasteiger partial charge in [-0.1, -0.05) is 18.6 Å². The zero-order valence-electron chi connectivity index (χ0n) is 9.63. The number of hydrogen-bond donors (Lipinski definition) is 2. The lowest BCUT2D eigenvalue weighted by atomic mass is 10.1. The van der Waals surface area contributed by atoms with E-state index in [1.165, 1.54) is 19.3 Å². The molecule has 3 aliphatic rings. The molecule has 0 aliphatic heterocycles. The van der Waals surface area contributed by atoms with Gasteiger partial charge in [0.2, 0.25) is 5.91 Å². The van der Waals surface area contributed by atoms with Gasteiger partial charge in [-0.2, -0.15) is 0 Å². The summed E-state index contributed by atoms with van der Waals surface area (Å²) < 4.78 is 0. The molecule has 0 bridgehead atoms. The second kappa shape index (κ2) is 3.86. The number of fused-ring (bicyclic) bond motifs is 1. The van der Waals surface area contributed by atoms with E-state index in [1.807, 2.05) is 6.08 Å². The Hall–Kier alpha value is -1.32. The highest BCUT2D eigenvalue weighted by Crippen LogP contribution is 2.57. The zero-order chi connectivity index (χ0) is 12.0. The van der Waals surface area contributed by atoms with Crippen LogP contribution in [-0.2, 0) is 9.59 Å². The molecule has 0 aromatic carbocycles. The van der Waals surface area contributed by atoms with Gasteiger partial charge >= 0.3 is 5.97 Å². The lowest BCUT2D eigenvalue weighted by Gasteiger charge is -2.12. The summed E-state index contributed by atoms with van der Waals surface area (Å²) in [6.45, 7) is 0. The molecule has 0 aromatic heterocycles. The summed E-state index contributed by atoms with van der Waals surface area (Å²) in [5.74, 6) is 0.369. The van der Waals surface area contributed by atoms with Crippen LogP contribution in [0, 0.1) is 23.7 Å². The molecule has 3 rings (SSSR count). The van der Waals surface area contributed by atoms with Crippen molar-refractivity contribution in [1.29, 1.82) is 0 Å². The highest BCUT2D eigenvalue weighted by molar-refractivity contribution is 5.83. The molecule has 2 N–H and O–H groups in total. The summed E-state index contributed by atoms with van der Waals surface area (Å²) in [4.78, 5) is 22.7. The van der Waals surface area contributed by atoms with Crippen molar-refractivity contribution in [2.75, 3.05) is 0 Å². The Morgan fingerprint density at radius 2 is 1.88 bits per heavy atom. The van der Waals surface area contributed by atoms with Gasteiger partial charge < -0.3 is 10.4 Å². The molecule has 3 aliphatic carbocycles. The summed E-state index contributed by atoms with van der Waals surface area (Å²) in [6, 6.07) is -0.0788. The van der Waals surface area contributed by atoms with Crippen LogP contribution in [0.3, 0.4) is 0 Å². The van der Waals surface area contributed by atoms with Crippen molar-refractivity contribution in [2.24, 2.45) is 23.7 Å². The first kappa shape index (κ1) is 10.8.